The molecule has 0 bridgehead atoms. The minimum atomic E-state index is -0.786. The zero-order valence-electron chi connectivity index (χ0n) is 23.0. The molecule has 1 fully saturated rings. The summed E-state index contributed by atoms with van der Waals surface area (Å²) in [4.78, 5) is 55.9. The highest BCUT2D eigenvalue weighted by Gasteiger charge is 2.57. The largest absolute Gasteiger partial charge is 0.497 e. The molecule has 42 heavy (non-hydrogen) atoms. The van der Waals surface area contributed by atoms with Crippen molar-refractivity contribution < 1.29 is 23.9 Å². The van der Waals surface area contributed by atoms with Crippen molar-refractivity contribution in [3.8, 4) is 11.5 Å². The standard InChI is InChI=1S/C31H27N3O6S2/c1-17-8-12-19(13-9-17)34-28(36)25-24(21-6-4-5-7-22(21)40-3)27-30(41-26(25)29(34)37)33(31(38)42-27)16-23(35)32-18-10-14-20(39-2)15-11-18/h4-15,24-26H,16H2,1-3H3,(H,32,35)/t24-,25-,26+/m0/s1. The minimum absolute atomic E-state index is 0.246. The summed E-state index contributed by atoms with van der Waals surface area (Å²) in [6, 6.07) is 21.5. The average molecular weight is 602 g/mol. The second kappa shape index (κ2) is 11.1. The second-order valence-corrected chi connectivity index (χ2v) is 12.2. The number of ether oxygens (including phenoxy) is 2. The van der Waals surface area contributed by atoms with Gasteiger partial charge in [0.1, 0.15) is 23.3 Å². The van der Waals surface area contributed by atoms with Crippen molar-refractivity contribution in [3.63, 3.8) is 0 Å². The lowest BCUT2D eigenvalue weighted by atomic mass is 9.82. The van der Waals surface area contributed by atoms with Gasteiger partial charge in [-0.15, -0.1) is 0 Å². The molecule has 1 aromatic heterocycles. The predicted octanol–water partition coefficient (Wildman–Crippen LogP) is 4.67. The summed E-state index contributed by atoms with van der Waals surface area (Å²) in [7, 11) is 3.11. The molecule has 3 aromatic carbocycles. The summed E-state index contributed by atoms with van der Waals surface area (Å²) in [5.74, 6) is -1.23. The van der Waals surface area contributed by atoms with Crippen LogP contribution in [0.2, 0.25) is 0 Å². The van der Waals surface area contributed by atoms with Crippen LogP contribution in [-0.2, 0) is 20.9 Å². The van der Waals surface area contributed by atoms with E-state index >= 15 is 0 Å². The fourth-order valence-electron chi connectivity index (χ4n) is 5.48. The van der Waals surface area contributed by atoms with Gasteiger partial charge in [0.15, 0.2) is 0 Å². The average Bonchev–Trinajstić information content (AvgIpc) is 3.44. The molecule has 0 saturated carbocycles. The van der Waals surface area contributed by atoms with Crippen LogP contribution in [0.4, 0.5) is 11.4 Å². The highest BCUT2D eigenvalue weighted by molar-refractivity contribution is 8.00. The third-order valence-corrected chi connectivity index (χ3v) is 10.1. The number of thiazole rings is 1. The van der Waals surface area contributed by atoms with Gasteiger partial charge in [-0.2, -0.15) is 0 Å². The zero-order valence-corrected chi connectivity index (χ0v) is 24.7. The summed E-state index contributed by atoms with van der Waals surface area (Å²) in [5.41, 5.74) is 2.78. The normalized spacial score (nSPS) is 19.3. The van der Waals surface area contributed by atoms with Crippen LogP contribution < -0.4 is 24.6 Å². The number of aromatic nitrogens is 1. The van der Waals surface area contributed by atoms with Gasteiger partial charge in [0.05, 0.1) is 30.9 Å². The fourth-order valence-corrected chi connectivity index (χ4v) is 8.24. The molecule has 1 N–H and O–H groups in total. The van der Waals surface area contributed by atoms with Crippen LogP contribution in [0.25, 0.3) is 0 Å². The van der Waals surface area contributed by atoms with Crippen molar-refractivity contribution in [2.75, 3.05) is 24.4 Å². The molecule has 3 heterocycles. The number of anilines is 2. The Bertz CT molecular complexity index is 1750. The van der Waals surface area contributed by atoms with E-state index in [-0.39, 0.29) is 23.2 Å². The van der Waals surface area contributed by atoms with Gasteiger partial charge in [-0.25, -0.2) is 4.90 Å². The monoisotopic (exact) mass is 601 g/mol. The SMILES string of the molecule is COc1ccc(NC(=O)Cn2c3c(sc2=O)[C@@H](c2ccccc2OC)[C@@H]2C(=O)N(c4ccc(C)cc4)C(=O)[C@@H]2S3)cc1. The molecule has 0 aliphatic carbocycles. The van der Waals surface area contributed by atoms with E-state index in [1.807, 2.05) is 37.3 Å². The molecular formula is C31H27N3O6S2. The van der Waals surface area contributed by atoms with Crippen molar-refractivity contribution in [1.82, 2.24) is 4.57 Å². The summed E-state index contributed by atoms with van der Waals surface area (Å²) >= 11 is 2.17. The lowest BCUT2D eigenvalue weighted by molar-refractivity contribution is -0.122. The molecule has 9 nitrogen and oxygen atoms in total. The number of carbonyl (C=O) groups excluding carboxylic acids is 3. The van der Waals surface area contributed by atoms with Gasteiger partial charge in [-0.1, -0.05) is 59.0 Å². The molecule has 6 rings (SSSR count). The van der Waals surface area contributed by atoms with Crippen LogP contribution >= 0.6 is 23.1 Å². The molecule has 2 aliphatic heterocycles. The lowest BCUT2D eigenvalue weighted by Crippen LogP contribution is -2.33. The Labute approximate surface area is 250 Å². The maximum absolute atomic E-state index is 14.0. The van der Waals surface area contributed by atoms with Crippen molar-refractivity contribution in [2.45, 2.75) is 29.7 Å². The molecule has 214 valence electrons. The number of imide groups is 1. The molecule has 2 aliphatic rings. The minimum Gasteiger partial charge on any atom is -0.497 e. The molecule has 0 spiro atoms. The van der Waals surface area contributed by atoms with Crippen LogP contribution in [0.5, 0.6) is 11.5 Å². The van der Waals surface area contributed by atoms with Gasteiger partial charge in [0, 0.05) is 22.0 Å². The number of nitrogens with one attached hydrogen (secondary N) is 1. The molecule has 4 aromatic rings. The number of hydrogen-bond acceptors (Lipinski definition) is 8. The summed E-state index contributed by atoms with van der Waals surface area (Å²) in [6.45, 7) is 1.69. The number of carbonyl (C=O) groups is 3. The van der Waals surface area contributed by atoms with Crippen LogP contribution in [-0.4, -0.2) is 41.8 Å². The molecule has 0 unspecified atom stereocenters. The third-order valence-electron chi connectivity index (χ3n) is 7.49. The Morgan fingerprint density at radius 3 is 2.31 bits per heavy atom. The van der Waals surface area contributed by atoms with E-state index < -0.39 is 23.0 Å². The first-order valence-corrected chi connectivity index (χ1v) is 14.9. The number of thioether (sulfide) groups is 1. The van der Waals surface area contributed by atoms with E-state index in [9.17, 15) is 19.2 Å². The summed E-state index contributed by atoms with van der Waals surface area (Å²) < 4.78 is 12.2. The highest BCUT2D eigenvalue weighted by Crippen LogP contribution is 2.55. The lowest BCUT2D eigenvalue weighted by Gasteiger charge is -2.31. The van der Waals surface area contributed by atoms with Gasteiger partial charge >= 0.3 is 4.87 Å². The predicted molar refractivity (Wildman–Crippen MR) is 162 cm³/mol. The van der Waals surface area contributed by atoms with Crippen molar-refractivity contribution in [2.24, 2.45) is 5.92 Å². The maximum atomic E-state index is 14.0. The number of aryl methyl sites for hydroxylation is 1. The first kappa shape index (κ1) is 27.8. The van der Waals surface area contributed by atoms with Crippen LogP contribution in [0.3, 0.4) is 0 Å². The Morgan fingerprint density at radius 2 is 1.62 bits per heavy atom. The number of methoxy groups -OCH3 is 2. The number of hydrogen-bond donors (Lipinski definition) is 1. The van der Waals surface area contributed by atoms with E-state index in [1.165, 1.54) is 21.2 Å². The van der Waals surface area contributed by atoms with Crippen molar-refractivity contribution in [3.05, 3.63) is 98.5 Å². The number of benzene rings is 3. The number of rotatable bonds is 7. The molecular weight excluding hydrogens is 574 g/mol. The highest BCUT2D eigenvalue weighted by atomic mass is 32.2. The number of para-hydroxylation sites is 1. The van der Waals surface area contributed by atoms with Gasteiger partial charge in [-0.3, -0.25) is 23.7 Å². The topological polar surface area (TPSA) is 107 Å². The Kier molecular flexibility index (Phi) is 7.38. The first-order chi connectivity index (χ1) is 20.3. The van der Waals surface area contributed by atoms with E-state index in [1.54, 1.807) is 56.7 Å². The van der Waals surface area contributed by atoms with Crippen LogP contribution in [0.1, 0.15) is 21.9 Å². The second-order valence-electron chi connectivity index (χ2n) is 10.0. The maximum Gasteiger partial charge on any atom is 0.308 e. The zero-order chi connectivity index (χ0) is 29.5. The number of nitrogens with zero attached hydrogens (tertiary/aromatic N) is 2. The van der Waals surface area contributed by atoms with E-state index in [0.29, 0.717) is 38.3 Å². The van der Waals surface area contributed by atoms with Crippen molar-refractivity contribution >= 4 is 52.2 Å². The van der Waals surface area contributed by atoms with E-state index in [2.05, 4.69) is 5.32 Å². The quantitative estimate of drug-likeness (QED) is 0.307. The molecule has 11 heteroatoms. The summed E-state index contributed by atoms with van der Waals surface area (Å²) in [6.07, 6.45) is 0. The van der Waals surface area contributed by atoms with Gasteiger partial charge in [0.2, 0.25) is 17.7 Å². The Balaban J connectivity index is 1.41. The molecule has 3 atom stereocenters. The number of fused-ring (bicyclic) bond motifs is 2. The van der Waals surface area contributed by atoms with E-state index in [0.717, 1.165) is 16.9 Å². The Hall–Kier alpha value is -4.35. The third kappa shape index (κ3) is 4.78. The van der Waals surface area contributed by atoms with Gasteiger partial charge in [-0.05, 0) is 49.4 Å². The fraction of sp³-hybridized carbons (Fsp3) is 0.226. The molecule has 0 radical (unpaired) electrons. The Morgan fingerprint density at radius 1 is 0.905 bits per heavy atom. The van der Waals surface area contributed by atoms with E-state index in [4.69, 9.17) is 9.47 Å². The number of amides is 3. The van der Waals surface area contributed by atoms with Crippen LogP contribution in [0.15, 0.2) is 82.6 Å². The first-order valence-electron chi connectivity index (χ1n) is 13.2. The van der Waals surface area contributed by atoms with Crippen molar-refractivity contribution in [1.29, 1.82) is 0 Å². The smallest absolute Gasteiger partial charge is 0.308 e. The van der Waals surface area contributed by atoms with Gasteiger partial charge in [0.25, 0.3) is 0 Å². The molecule has 1 saturated heterocycles. The molecule has 3 amide bonds. The van der Waals surface area contributed by atoms with Gasteiger partial charge < -0.3 is 14.8 Å². The van der Waals surface area contributed by atoms with Crippen LogP contribution in [0, 0.1) is 12.8 Å². The summed E-state index contributed by atoms with van der Waals surface area (Å²) in [5, 5.41) is 2.54.